The van der Waals surface area contributed by atoms with Gasteiger partial charge in [0, 0.05) is 29.2 Å². The van der Waals surface area contributed by atoms with E-state index >= 15 is 0 Å². The van der Waals surface area contributed by atoms with Crippen molar-refractivity contribution in [3.63, 3.8) is 0 Å². The maximum absolute atomic E-state index is 12.8. The molecule has 212 valence electrons. The highest BCUT2D eigenvalue weighted by Crippen LogP contribution is 2.26. The summed E-state index contributed by atoms with van der Waals surface area (Å²) in [7, 11) is 2.13. The van der Waals surface area contributed by atoms with Crippen molar-refractivity contribution >= 4 is 28.6 Å². The summed E-state index contributed by atoms with van der Waals surface area (Å²) in [6.07, 6.45) is 1.92. The van der Waals surface area contributed by atoms with Gasteiger partial charge in [-0.15, -0.1) is 5.06 Å². The lowest BCUT2D eigenvalue weighted by Gasteiger charge is -2.36. The smallest absolute Gasteiger partial charge is 0.330 e. The fraction of sp³-hybridized carbons (Fsp3) is 0.438. The Labute approximate surface area is 237 Å². The summed E-state index contributed by atoms with van der Waals surface area (Å²) in [6.45, 7) is 11.3. The van der Waals surface area contributed by atoms with Crippen LogP contribution in [0.3, 0.4) is 0 Å². The number of piperidine rings is 1. The van der Waals surface area contributed by atoms with E-state index in [1.807, 2.05) is 56.2 Å². The van der Waals surface area contributed by atoms with Crippen LogP contribution in [0, 0.1) is 17.3 Å². The zero-order valence-electron chi connectivity index (χ0n) is 24.3. The molecule has 0 atom stereocenters. The highest BCUT2D eigenvalue weighted by atomic mass is 16.7. The number of carbonyl (C=O) groups is 2. The Kier molecular flexibility index (Phi) is 9.51. The lowest BCUT2D eigenvalue weighted by Crippen LogP contribution is -2.45. The van der Waals surface area contributed by atoms with Gasteiger partial charge in [-0.25, -0.2) is 9.59 Å². The molecule has 2 amide bonds. The number of rotatable bonds is 7. The van der Waals surface area contributed by atoms with Gasteiger partial charge in [0.1, 0.15) is 0 Å². The van der Waals surface area contributed by atoms with E-state index in [9.17, 15) is 9.59 Å². The van der Waals surface area contributed by atoms with E-state index in [2.05, 4.69) is 70.2 Å². The molecule has 0 unspecified atom stereocenters. The van der Waals surface area contributed by atoms with Crippen molar-refractivity contribution in [1.29, 1.82) is 0 Å². The Morgan fingerprint density at radius 1 is 1.07 bits per heavy atom. The molecule has 4 rings (SSSR count). The highest BCUT2D eigenvalue weighted by Gasteiger charge is 2.31. The molecule has 2 heterocycles. The van der Waals surface area contributed by atoms with Gasteiger partial charge in [-0.3, -0.25) is 0 Å². The van der Waals surface area contributed by atoms with Crippen molar-refractivity contribution in [3.8, 4) is 11.8 Å². The summed E-state index contributed by atoms with van der Waals surface area (Å²) in [6, 6.07) is 17.7. The highest BCUT2D eigenvalue weighted by molar-refractivity contribution is 5.89. The van der Waals surface area contributed by atoms with Gasteiger partial charge in [0.05, 0.1) is 24.2 Å². The molecule has 2 N–H and O–H groups in total. The predicted molar refractivity (Wildman–Crippen MR) is 160 cm³/mol. The quantitative estimate of drug-likeness (QED) is 0.315. The molecule has 8 heteroatoms. The standard InChI is InChI=1S/C32H41N5O3/c1-6-36-28(13-10-18-33-31(39)34-26-11-8-7-9-12-26)22-25-21-24(14-15-29(25)36)23-37(40-30(38)32(2,3)4)27-16-19-35(5)20-17-27/h7-9,11-12,14-15,21-22,27H,6,16-20,23H2,1-5H3,(H2,33,34,39). The van der Waals surface area contributed by atoms with Crippen molar-refractivity contribution in [3.05, 3.63) is 65.9 Å². The van der Waals surface area contributed by atoms with E-state index in [1.165, 1.54) is 0 Å². The van der Waals surface area contributed by atoms with E-state index in [4.69, 9.17) is 4.84 Å². The number of anilines is 1. The summed E-state index contributed by atoms with van der Waals surface area (Å²) < 4.78 is 2.17. The monoisotopic (exact) mass is 543 g/mol. The molecule has 1 aliphatic heterocycles. The second-order valence-corrected chi connectivity index (χ2v) is 11.4. The first-order valence-corrected chi connectivity index (χ1v) is 14.0. The van der Waals surface area contributed by atoms with Crippen LogP contribution in [0.5, 0.6) is 0 Å². The van der Waals surface area contributed by atoms with Crippen LogP contribution in [-0.2, 0) is 22.7 Å². The van der Waals surface area contributed by atoms with Gasteiger partial charge < -0.3 is 24.9 Å². The van der Waals surface area contributed by atoms with Crippen molar-refractivity contribution in [2.24, 2.45) is 5.41 Å². The average Bonchev–Trinajstić information content (AvgIpc) is 3.27. The number of hydroxylamine groups is 2. The zero-order valence-corrected chi connectivity index (χ0v) is 24.3. The second-order valence-electron chi connectivity index (χ2n) is 11.4. The number of hydrogen-bond donors (Lipinski definition) is 2. The first-order valence-electron chi connectivity index (χ1n) is 14.0. The molecule has 1 aliphatic rings. The molecule has 0 radical (unpaired) electrons. The molecular formula is C32H41N5O3. The minimum absolute atomic E-state index is 0.187. The Morgan fingerprint density at radius 2 is 1.80 bits per heavy atom. The van der Waals surface area contributed by atoms with Crippen molar-refractivity contribution in [2.45, 2.75) is 59.7 Å². The summed E-state index contributed by atoms with van der Waals surface area (Å²) in [5, 5.41) is 8.55. The lowest BCUT2D eigenvalue weighted by atomic mass is 9.97. The fourth-order valence-electron chi connectivity index (χ4n) is 4.76. The van der Waals surface area contributed by atoms with Crippen LogP contribution in [0.25, 0.3) is 10.9 Å². The number of hydrogen-bond acceptors (Lipinski definition) is 5. The first kappa shape index (κ1) is 29.2. The number of nitrogens with zero attached hydrogens (tertiary/aromatic N) is 3. The normalized spacial score (nSPS) is 14.6. The first-order chi connectivity index (χ1) is 19.1. The lowest BCUT2D eigenvalue weighted by molar-refractivity contribution is -0.218. The Bertz CT molecular complexity index is 1370. The van der Waals surface area contributed by atoms with Crippen LogP contribution in [0.4, 0.5) is 10.5 Å². The number of aromatic nitrogens is 1. The number of benzene rings is 2. The van der Waals surface area contributed by atoms with E-state index in [0.29, 0.717) is 6.54 Å². The van der Waals surface area contributed by atoms with Crippen LogP contribution >= 0.6 is 0 Å². The number of likely N-dealkylation sites (tertiary alicyclic amines) is 1. The maximum Gasteiger partial charge on any atom is 0.330 e. The number of urea groups is 1. The molecule has 1 fully saturated rings. The van der Waals surface area contributed by atoms with Gasteiger partial charge >= 0.3 is 12.0 Å². The molecule has 0 saturated carbocycles. The van der Waals surface area contributed by atoms with Crippen LogP contribution in [0.2, 0.25) is 0 Å². The predicted octanol–water partition coefficient (Wildman–Crippen LogP) is 5.23. The Hall–Kier alpha value is -3.80. The van der Waals surface area contributed by atoms with Gasteiger partial charge in [0.15, 0.2) is 0 Å². The van der Waals surface area contributed by atoms with E-state index in [1.54, 1.807) is 0 Å². The third kappa shape index (κ3) is 7.65. The molecule has 3 aromatic rings. The summed E-state index contributed by atoms with van der Waals surface area (Å²) in [5.41, 5.74) is 3.24. The third-order valence-electron chi connectivity index (χ3n) is 7.11. The van der Waals surface area contributed by atoms with Gasteiger partial charge in [-0.2, -0.15) is 0 Å². The maximum atomic E-state index is 12.8. The molecule has 8 nitrogen and oxygen atoms in total. The third-order valence-corrected chi connectivity index (χ3v) is 7.11. The molecule has 0 bridgehead atoms. The van der Waals surface area contributed by atoms with Gasteiger partial charge in [0.25, 0.3) is 0 Å². The number of aryl methyl sites for hydroxylation is 1. The molecule has 1 aromatic heterocycles. The molecular weight excluding hydrogens is 502 g/mol. The topological polar surface area (TPSA) is 78.8 Å². The van der Waals surface area contributed by atoms with Crippen LogP contribution in [-0.4, -0.2) is 59.3 Å². The number of para-hydroxylation sites is 1. The Balaban J connectivity index is 1.47. The molecule has 40 heavy (non-hydrogen) atoms. The molecule has 2 aromatic carbocycles. The zero-order chi connectivity index (χ0) is 28.7. The van der Waals surface area contributed by atoms with Crippen LogP contribution < -0.4 is 10.6 Å². The summed E-state index contributed by atoms with van der Waals surface area (Å²) in [4.78, 5) is 33.2. The number of carbonyl (C=O) groups excluding carboxylic acids is 2. The average molecular weight is 544 g/mol. The summed E-state index contributed by atoms with van der Waals surface area (Å²) in [5.74, 6) is 6.07. The number of nitrogens with one attached hydrogen (secondary N) is 2. The van der Waals surface area contributed by atoms with Gasteiger partial charge in [0.2, 0.25) is 0 Å². The van der Waals surface area contributed by atoms with Crippen LogP contribution in [0.15, 0.2) is 54.6 Å². The second kappa shape index (κ2) is 13.0. The van der Waals surface area contributed by atoms with E-state index in [0.717, 1.165) is 60.3 Å². The number of amides is 2. The van der Waals surface area contributed by atoms with Gasteiger partial charge in [-0.05, 0) is 102 Å². The van der Waals surface area contributed by atoms with Gasteiger partial charge in [-0.1, -0.05) is 30.2 Å². The van der Waals surface area contributed by atoms with Crippen LogP contribution in [0.1, 0.15) is 51.8 Å². The fourth-order valence-corrected chi connectivity index (χ4v) is 4.76. The van der Waals surface area contributed by atoms with Crippen molar-refractivity contribution < 1.29 is 14.4 Å². The molecule has 0 aliphatic carbocycles. The summed E-state index contributed by atoms with van der Waals surface area (Å²) >= 11 is 0. The van der Waals surface area contributed by atoms with Crippen molar-refractivity contribution in [2.75, 3.05) is 32.0 Å². The minimum atomic E-state index is -0.573. The van der Waals surface area contributed by atoms with E-state index in [-0.39, 0.29) is 24.6 Å². The molecule has 0 spiro atoms. The SMILES string of the molecule is CCn1c(C#CCNC(=O)Nc2ccccc2)cc2cc(CN(OC(=O)C(C)(C)C)C3CCN(C)CC3)ccc21. The van der Waals surface area contributed by atoms with E-state index < -0.39 is 5.41 Å². The minimum Gasteiger partial charge on any atom is -0.367 e. The largest absolute Gasteiger partial charge is 0.367 e. The van der Waals surface area contributed by atoms with Crippen molar-refractivity contribution in [1.82, 2.24) is 19.8 Å². The molecule has 1 saturated heterocycles. The number of fused-ring (bicyclic) bond motifs is 1. The Morgan fingerprint density at radius 3 is 2.48 bits per heavy atom.